The van der Waals surface area contributed by atoms with E-state index in [0.29, 0.717) is 4.90 Å². The Kier molecular flexibility index (Phi) is 5.99. The number of nitro benzene ring substituents is 1. The Morgan fingerprint density at radius 3 is 2.54 bits per heavy atom. The Morgan fingerprint density at radius 2 is 1.92 bits per heavy atom. The topological polar surface area (TPSA) is 107 Å². The number of carbonyl (C=O) groups is 2. The first kappa shape index (κ1) is 19.5. The predicted molar refractivity (Wildman–Crippen MR) is 102 cm³/mol. The molecule has 0 aromatic heterocycles. The molecule has 0 unspecified atom stereocenters. The van der Waals surface area contributed by atoms with Gasteiger partial charge in [0.15, 0.2) is 0 Å². The zero-order valence-electron chi connectivity index (χ0n) is 14.7. The first-order valence-corrected chi connectivity index (χ1v) is 8.74. The Bertz CT molecular complexity index is 883. The summed E-state index contributed by atoms with van der Waals surface area (Å²) in [7, 11) is 1.68. The van der Waals surface area contributed by atoms with Crippen LogP contribution in [0.5, 0.6) is 0 Å². The van der Waals surface area contributed by atoms with Crippen molar-refractivity contribution in [3.8, 4) is 0 Å². The molecule has 2 aromatic carbocycles. The fourth-order valence-electron chi connectivity index (χ4n) is 2.41. The van der Waals surface area contributed by atoms with Crippen LogP contribution in [0.3, 0.4) is 0 Å². The lowest BCUT2D eigenvalue weighted by atomic mass is 10.1. The molecule has 0 saturated heterocycles. The smallest absolute Gasteiger partial charge is 0.283 e. The van der Waals surface area contributed by atoms with Crippen LogP contribution in [0.25, 0.3) is 0 Å². The average Bonchev–Trinajstić information content (AvgIpc) is 2.61. The van der Waals surface area contributed by atoms with E-state index in [1.807, 2.05) is 32.0 Å². The van der Waals surface area contributed by atoms with Crippen LogP contribution in [-0.2, 0) is 4.79 Å². The maximum absolute atomic E-state index is 12.5. The molecule has 2 aromatic rings. The highest BCUT2D eigenvalue weighted by Gasteiger charge is 2.20. The van der Waals surface area contributed by atoms with Crippen LogP contribution in [-0.4, -0.2) is 29.5 Å². The molecule has 0 saturated carbocycles. The number of amides is 2. The summed E-state index contributed by atoms with van der Waals surface area (Å²) in [5.74, 6) is -0.895. The number of thioether (sulfide) groups is 1. The van der Waals surface area contributed by atoms with Crippen LogP contribution in [0.4, 0.5) is 11.4 Å². The molecule has 7 nitrogen and oxygen atoms in total. The molecule has 136 valence electrons. The number of benzene rings is 2. The Labute approximate surface area is 155 Å². The molecule has 0 aliphatic rings. The lowest BCUT2D eigenvalue weighted by Gasteiger charge is -2.20. The Hall–Kier alpha value is -2.87. The fourth-order valence-corrected chi connectivity index (χ4v) is 3.32. The summed E-state index contributed by atoms with van der Waals surface area (Å²) in [6, 6.07) is 9.68. The van der Waals surface area contributed by atoms with Gasteiger partial charge < -0.3 is 10.6 Å². The molecule has 26 heavy (non-hydrogen) atoms. The summed E-state index contributed by atoms with van der Waals surface area (Å²) in [5.41, 5.74) is 7.85. The van der Waals surface area contributed by atoms with Gasteiger partial charge in [-0.2, -0.15) is 0 Å². The van der Waals surface area contributed by atoms with E-state index in [1.165, 1.54) is 12.1 Å². The van der Waals surface area contributed by atoms with E-state index in [2.05, 4.69) is 0 Å². The maximum atomic E-state index is 12.5. The van der Waals surface area contributed by atoms with Gasteiger partial charge in [0.2, 0.25) is 11.8 Å². The quantitative estimate of drug-likeness (QED) is 0.476. The van der Waals surface area contributed by atoms with Crippen LogP contribution >= 0.6 is 11.8 Å². The number of aryl methyl sites for hydroxylation is 1. The van der Waals surface area contributed by atoms with Crippen molar-refractivity contribution in [1.82, 2.24) is 0 Å². The molecule has 0 heterocycles. The third kappa shape index (κ3) is 4.20. The summed E-state index contributed by atoms with van der Waals surface area (Å²) in [4.78, 5) is 36.2. The van der Waals surface area contributed by atoms with E-state index in [-0.39, 0.29) is 22.9 Å². The number of nitrogens with two attached hydrogens (primary N) is 1. The summed E-state index contributed by atoms with van der Waals surface area (Å²) in [5, 5.41) is 11.2. The van der Waals surface area contributed by atoms with Crippen molar-refractivity contribution in [3.05, 3.63) is 63.2 Å². The number of hydrogen-bond acceptors (Lipinski definition) is 5. The minimum absolute atomic E-state index is 0.0284. The molecule has 0 fully saturated rings. The standard InChI is InChI=1S/C18H19N3O4S/c1-11-5-4-6-14(12(11)2)20(3)17(22)10-26-16-8-7-13(18(19)23)9-15(16)21(24)25/h4-9H,10H2,1-3H3,(H2,19,23). The van der Waals surface area contributed by atoms with E-state index in [0.717, 1.165) is 34.6 Å². The van der Waals surface area contributed by atoms with Crippen LogP contribution < -0.4 is 10.6 Å². The van der Waals surface area contributed by atoms with E-state index < -0.39 is 10.8 Å². The summed E-state index contributed by atoms with van der Waals surface area (Å²) in [6.45, 7) is 3.91. The molecule has 2 N–H and O–H groups in total. The van der Waals surface area contributed by atoms with Crippen molar-refractivity contribution < 1.29 is 14.5 Å². The highest BCUT2D eigenvalue weighted by Crippen LogP contribution is 2.31. The van der Waals surface area contributed by atoms with Gasteiger partial charge in [-0.1, -0.05) is 12.1 Å². The van der Waals surface area contributed by atoms with Crippen molar-refractivity contribution in [2.24, 2.45) is 5.73 Å². The highest BCUT2D eigenvalue weighted by atomic mass is 32.2. The molecule has 0 aliphatic carbocycles. The van der Waals surface area contributed by atoms with Gasteiger partial charge in [0.1, 0.15) is 0 Å². The molecule has 0 spiro atoms. The number of nitrogens with zero attached hydrogens (tertiary/aromatic N) is 2. The minimum atomic E-state index is -0.740. The third-order valence-corrected chi connectivity index (χ3v) is 5.15. The van der Waals surface area contributed by atoms with Gasteiger partial charge in [0.25, 0.3) is 5.69 Å². The highest BCUT2D eigenvalue weighted by molar-refractivity contribution is 8.00. The lowest BCUT2D eigenvalue weighted by Crippen LogP contribution is -2.28. The van der Waals surface area contributed by atoms with Gasteiger partial charge in [-0.15, -0.1) is 11.8 Å². The summed E-state index contributed by atoms with van der Waals surface area (Å²) < 4.78 is 0. The SMILES string of the molecule is Cc1cccc(N(C)C(=O)CSc2ccc(C(N)=O)cc2[N+](=O)[O-])c1C. The number of rotatable bonds is 6. The normalized spacial score (nSPS) is 10.4. The second-order valence-corrected chi connectivity index (χ2v) is 6.78. The molecule has 2 amide bonds. The zero-order valence-corrected chi connectivity index (χ0v) is 15.5. The first-order chi connectivity index (χ1) is 12.2. The third-order valence-electron chi connectivity index (χ3n) is 4.10. The minimum Gasteiger partial charge on any atom is -0.366 e. The van der Waals surface area contributed by atoms with Gasteiger partial charge >= 0.3 is 0 Å². The van der Waals surface area contributed by atoms with Crippen molar-refractivity contribution in [2.75, 3.05) is 17.7 Å². The number of carbonyl (C=O) groups excluding carboxylic acids is 2. The van der Waals surface area contributed by atoms with Crippen molar-refractivity contribution in [3.63, 3.8) is 0 Å². The largest absolute Gasteiger partial charge is 0.366 e. The fraction of sp³-hybridized carbons (Fsp3) is 0.222. The second-order valence-electron chi connectivity index (χ2n) is 5.76. The van der Waals surface area contributed by atoms with E-state index >= 15 is 0 Å². The lowest BCUT2D eigenvalue weighted by molar-refractivity contribution is -0.387. The van der Waals surface area contributed by atoms with Crippen LogP contribution in [0, 0.1) is 24.0 Å². The number of anilines is 1. The second kappa shape index (κ2) is 8.01. The van der Waals surface area contributed by atoms with Crippen LogP contribution in [0.1, 0.15) is 21.5 Å². The van der Waals surface area contributed by atoms with E-state index in [4.69, 9.17) is 5.73 Å². The van der Waals surface area contributed by atoms with E-state index in [1.54, 1.807) is 11.9 Å². The van der Waals surface area contributed by atoms with Gasteiger partial charge in [-0.25, -0.2) is 0 Å². The molecule has 0 atom stereocenters. The number of hydrogen-bond donors (Lipinski definition) is 1. The van der Waals surface area contributed by atoms with Crippen LogP contribution in [0.2, 0.25) is 0 Å². The van der Waals surface area contributed by atoms with Crippen molar-refractivity contribution >= 4 is 35.0 Å². The van der Waals surface area contributed by atoms with Crippen LogP contribution in [0.15, 0.2) is 41.3 Å². The molecule has 0 bridgehead atoms. The van der Waals surface area contributed by atoms with Gasteiger partial charge in [0, 0.05) is 24.4 Å². The summed E-state index contributed by atoms with van der Waals surface area (Å²) >= 11 is 1.05. The van der Waals surface area contributed by atoms with Gasteiger partial charge in [-0.3, -0.25) is 19.7 Å². The molecule has 0 radical (unpaired) electrons. The summed E-state index contributed by atoms with van der Waals surface area (Å²) in [6.07, 6.45) is 0. The van der Waals surface area contributed by atoms with Gasteiger partial charge in [0.05, 0.1) is 15.6 Å². The molecule has 8 heteroatoms. The van der Waals surface area contributed by atoms with Crippen molar-refractivity contribution in [1.29, 1.82) is 0 Å². The first-order valence-electron chi connectivity index (χ1n) is 7.76. The molecular formula is C18H19N3O4S. The number of primary amides is 1. The monoisotopic (exact) mass is 373 g/mol. The molecule has 2 rings (SSSR count). The Balaban J connectivity index is 2.17. The number of nitro groups is 1. The maximum Gasteiger partial charge on any atom is 0.283 e. The predicted octanol–water partition coefficient (Wildman–Crippen LogP) is 3.07. The molecule has 0 aliphatic heterocycles. The zero-order chi connectivity index (χ0) is 19.4. The van der Waals surface area contributed by atoms with Gasteiger partial charge in [-0.05, 0) is 43.2 Å². The van der Waals surface area contributed by atoms with E-state index in [9.17, 15) is 19.7 Å². The average molecular weight is 373 g/mol. The Morgan fingerprint density at radius 1 is 1.23 bits per heavy atom. The molecular weight excluding hydrogens is 354 g/mol. The van der Waals surface area contributed by atoms with Crippen molar-refractivity contribution in [2.45, 2.75) is 18.7 Å².